The zero-order valence-electron chi connectivity index (χ0n) is 13.6. The molecule has 0 unspecified atom stereocenters. The number of carboxylic acid groups (broad SMARTS) is 1. The normalized spacial score (nSPS) is 11.3. The number of nitrogens with zero attached hydrogens (tertiary/aromatic N) is 2. The number of amides is 1. The van der Waals surface area contributed by atoms with Gasteiger partial charge in [-0.3, -0.25) is 9.59 Å². The van der Waals surface area contributed by atoms with Crippen LogP contribution in [0.25, 0.3) is 5.69 Å². The Morgan fingerprint density at radius 3 is 2.42 bits per heavy atom. The molecule has 1 aromatic heterocycles. The summed E-state index contributed by atoms with van der Waals surface area (Å²) in [7, 11) is 0. The van der Waals surface area contributed by atoms with E-state index in [1.54, 1.807) is 35.1 Å². The number of benzene rings is 1. The van der Waals surface area contributed by atoms with Crippen molar-refractivity contribution in [1.29, 1.82) is 0 Å². The molecule has 6 nitrogen and oxygen atoms in total. The van der Waals surface area contributed by atoms with Crippen molar-refractivity contribution in [2.24, 2.45) is 5.41 Å². The number of hydrogen-bond acceptors (Lipinski definition) is 3. The van der Waals surface area contributed by atoms with Gasteiger partial charge < -0.3 is 10.4 Å². The number of rotatable bonds is 7. The number of hydrogen-bond donors (Lipinski definition) is 2. The Kier molecular flexibility index (Phi) is 5.62. The molecule has 0 fully saturated rings. The summed E-state index contributed by atoms with van der Waals surface area (Å²) in [5.41, 5.74) is 0.207. The van der Waals surface area contributed by atoms with Crippen LogP contribution in [0.1, 0.15) is 37.0 Å². The fourth-order valence-corrected chi connectivity index (χ4v) is 2.53. The zero-order valence-corrected chi connectivity index (χ0v) is 14.4. The van der Waals surface area contributed by atoms with Crippen LogP contribution in [0, 0.1) is 5.41 Å². The molecule has 7 heteroatoms. The monoisotopic (exact) mass is 349 g/mol. The first-order valence-corrected chi connectivity index (χ1v) is 8.12. The van der Waals surface area contributed by atoms with E-state index in [1.807, 2.05) is 13.8 Å². The molecule has 0 aliphatic rings. The second-order valence-electron chi connectivity index (χ2n) is 5.63. The molecule has 24 heavy (non-hydrogen) atoms. The molecule has 0 saturated carbocycles. The van der Waals surface area contributed by atoms with Gasteiger partial charge in [-0.05, 0) is 37.1 Å². The van der Waals surface area contributed by atoms with E-state index in [2.05, 4.69) is 10.4 Å². The number of nitrogens with one attached hydrogen (secondary N) is 1. The summed E-state index contributed by atoms with van der Waals surface area (Å²) in [4.78, 5) is 23.7. The van der Waals surface area contributed by atoms with E-state index in [-0.39, 0.29) is 12.5 Å². The van der Waals surface area contributed by atoms with Crippen LogP contribution in [-0.4, -0.2) is 33.3 Å². The van der Waals surface area contributed by atoms with Crippen molar-refractivity contribution in [3.8, 4) is 5.69 Å². The van der Waals surface area contributed by atoms with Gasteiger partial charge in [0.2, 0.25) is 0 Å². The van der Waals surface area contributed by atoms with Crippen molar-refractivity contribution in [2.75, 3.05) is 6.54 Å². The predicted octanol–water partition coefficient (Wildman–Crippen LogP) is 3.15. The smallest absolute Gasteiger partial charge is 0.311 e. The standard InChI is InChI=1S/C17H20ClN3O3/c1-3-17(4-2,16(23)24)11-19-15(22)12-9-20-21(10-12)14-7-5-13(18)6-8-14/h5-10H,3-4,11H2,1-2H3,(H,19,22)(H,23,24). The molecule has 0 aliphatic heterocycles. The fraction of sp³-hybridized carbons (Fsp3) is 0.353. The number of carbonyl (C=O) groups excluding carboxylic acids is 1. The molecule has 0 saturated heterocycles. The van der Waals surface area contributed by atoms with Gasteiger partial charge in [-0.15, -0.1) is 0 Å². The first-order chi connectivity index (χ1) is 11.4. The van der Waals surface area contributed by atoms with Crippen molar-refractivity contribution < 1.29 is 14.7 Å². The van der Waals surface area contributed by atoms with E-state index < -0.39 is 11.4 Å². The lowest BCUT2D eigenvalue weighted by molar-refractivity contribution is -0.149. The van der Waals surface area contributed by atoms with Crippen LogP contribution in [-0.2, 0) is 4.79 Å². The summed E-state index contributed by atoms with van der Waals surface area (Å²) in [6.07, 6.45) is 3.94. The first-order valence-electron chi connectivity index (χ1n) is 7.74. The molecule has 1 heterocycles. The molecule has 2 aromatic rings. The molecule has 1 aromatic carbocycles. The molecule has 0 spiro atoms. The minimum atomic E-state index is -0.943. The Balaban J connectivity index is 2.08. The number of halogens is 1. The van der Waals surface area contributed by atoms with Crippen LogP contribution in [0.2, 0.25) is 5.02 Å². The van der Waals surface area contributed by atoms with Gasteiger partial charge in [-0.2, -0.15) is 5.10 Å². The average Bonchev–Trinajstić information content (AvgIpc) is 3.06. The molecule has 0 atom stereocenters. The van der Waals surface area contributed by atoms with Gasteiger partial charge in [0.15, 0.2) is 0 Å². The molecular weight excluding hydrogens is 330 g/mol. The van der Waals surface area contributed by atoms with Gasteiger partial charge in [0.05, 0.1) is 22.9 Å². The van der Waals surface area contributed by atoms with Crippen LogP contribution in [0.3, 0.4) is 0 Å². The van der Waals surface area contributed by atoms with Crippen LogP contribution in [0.5, 0.6) is 0 Å². The van der Waals surface area contributed by atoms with Crippen molar-refractivity contribution in [3.63, 3.8) is 0 Å². The van der Waals surface area contributed by atoms with E-state index in [4.69, 9.17) is 11.6 Å². The van der Waals surface area contributed by atoms with Gasteiger partial charge >= 0.3 is 5.97 Å². The summed E-state index contributed by atoms with van der Waals surface area (Å²) < 4.78 is 1.56. The van der Waals surface area contributed by atoms with Gasteiger partial charge in [-0.1, -0.05) is 25.4 Å². The fourth-order valence-electron chi connectivity index (χ4n) is 2.40. The highest BCUT2D eigenvalue weighted by Gasteiger charge is 2.35. The number of carboxylic acids is 1. The minimum absolute atomic E-state index is 0.0836. The second-order valence-corrected chi connectivity index (χ2v) is 6.06. The van der Waals surface area contributed by atoms with Gasteiger partial charge in [0, 0.05) is 17.8 Å². The van der Waals surface area contributed by atoms with Gasteiger partial charge in [-0.25, -0.2) is 4.68 Å². The first kappa shape index (κ1) is 18.0. The molecule has 0 aliphatic carbocycles. The Labute approximate surface area is 145 Å². The summed E-state index contributed by atoms with van der Waals surface area (Å²) in [5.74, 6) is -1.24. The quantitative estimate of drug-likeness (QED) is 0.804. The van der Waals surface area contributed by atoms with Crippen LogP contribution < -0.4 is 5.32 Å². The third-order valence-electron chi connectivity index (χ3n) is 4.33. The molecule has 2 rings (SSSR count). The van der Waals surface area contributed by atoms with Crippen LogP contribution >= 0.6 is 11.6 Å². The Morgan fingerprint density at radius 1 is 1.25 bits per heavy atom. The van der Waals surface area contributed by atoms with E-state index in [0.29, 0.717) is 23.4 Å². The lowest BCUT2D eigenvalue weighted by atomic mass is 9.82. The zero-order chi connectivity index (χ0) is 17.7. The third-order valence-corrected chi connectivity index (χ3v) is 4.58. The van der Waals surface area contributed by atoms with E-state index in [9.17, 15) is 14.7 Å². The predicted molar refractivity (Wildman–Crippen MR) is 91.6 cm³/mol. The highest BCUT2D eigenvalue weighted by atomic mass is 35.5. The van der Waals surface area contributed by atoms with Gasteiger partial charge in [0.1, 0.15) is 0 Å². The summed E-state index contributed by atoms with van der Waals surface area (Å²) in [6.45, 7) is 3.70. The van der Waals surface area contributed by atoms with Gasteiger partial charge in [0.25, 0.3) is 5.91 Å². The maximum atomic E-state index is 12.3. The molecular formula is C17H20ClN3O3. The largest absolute Gasteiger partial charge is 0.481 e. The molecule has 2 N–H and O–H groups in total. The van der Waals surface area contributed by atoms with E-state index in [1.165, 1.54) is 6.20 Å². The average molecular weight is 350 g/mol. The maximum absolute atomic E-state index is 12.3. The number of aliphatic carboxylic acids is 1. The third kappa shape index (κ3) is 3.76. The summed E-state index contributed by atoms with van der Waals surface area (Å²) in [6, 6.07) is 7.06. The van der Waals surface area contributed by atoms with Crippen molar-refractivity contribution in [1.82, 2.24) is 15.1 Å². The summed E-state index contributed by atoms with van der Waals surface area (Å²) >= 11 is 5.85. The van der Waals surface area contributed by atoms with E-state index in [0.717, 1.165) is 5.69 Å². The second kappa shape index (κ2) is 7.49. The van der Waals surface area contributed by atoms with Crippen molar-refractivity contribution in [2.45, 2.75) is 26.7 Å². The lowest BCUT2D eigenvalue weighted by Crippen LogP contribution is -2.42. The highest BCUT2D eigenvalue weighted by molar-refractivity contribution is 6.30. The Bertz CT molecular complexity index is 721. The van der Waals surface area contributed by atoms with Crippen LogP contribution in [0.4, 0.5) is 0 Å². The number of carbonyl (C=O) groups is 2. The Hall–Kier alpha value is -2.34. The SMILES string of the molecule is CCC(CC)(CNC(=O)c1cnn(-c2ccc(Cl)cc2)c1)C(=O)O. The lowest BCUT2D eigenvalue weighted by Gasteiger charge is -2.26. The minimum Gasteiger partial charge on any atom is -0.481 e. The molecule has 0 radical (unpaired) electrons. The molecule has 128 valence electrons. The maximum Gasteiger partial charge on any atom is 0.311 e. The van der Waals surface area contributed by atoms with Crippen molar-refractivity contribution in [3.05, 3.63) is 47.2 Å². The molecule has 0 bridgehead atoms. The van der Waals surface area contributed by atoms with Crippen molar-refractivity contribution >= 4 is 23.5 Å². The van der Waals surface area contributed by atoms with Crippen LogP contribution in [0.15, 0.2) is 36.7 Å². The Morgan fingerprint density at radius 2 is 1.88 bits per heavy atom. The number of aromatic nitrogens is 2. The highest BCUT2D eigenvalue weighted by Crippen LogP contribution is 2.25. The summed E-state index contributed by atoms with van der Waals surface area (Å²) in [5, 5.41) is 16.9. The topological polar surface area (TPSA) is 84.2 Å². The molecule has 1 amide bonds. The van der Waals surface area contributed by atoms with E-state index >= 15 is 0 Å².